The van der Waals surface area contributed by atoms with Gasteiger partial charge >= 0.3 is 5.97 Å². The van der Waals surface area contributed by atoms with Crippen molar-refractivity contribution >= 4 is 17.8 Å². The Morgan fingerprint density at radius 2 is 1.82 bits per heavy atom. The predicted molar refractivity (Wildman–Crippen MR) is 134 cm³/mol. The van der Waals surface area contributed by atoms with Crippen molar-refractivity contribution in [2.24, 2.45) is 5.41 Å². The lowest BCUT2D eigenvalue weighted by Gasteiger charge is -2.30. The molecule has 0 bridgehead atoms. The summed E-state index contributed by atoms with van der Waals surface area (Å²) in [7, 11) is 0. The maximum absolute atomic E-state index is 13.4. The zero-order valence-electron chi connectivity index (χ0n) is 21.3. The highest BCUT2D eigenvalue weighted by Crippen LogP contribution is 2.46. The Morgan fingerprint density at radius 1 is 1.06 bits per heavy atom. The molecule has 0 N–H and O–H groups in total. The number of carbonyl (C=O) groups is 2. The summed E-state index contributed by atoms with van der Waals surface area (Å²) in [5, 5.41) is 0. The average Bonchev–Trinajstić information content (AvgIpc) is 2.88. The lowest BCUT2D eigenvalue weighted by Crippen LogP contribution is -2.29. The summed E-state index contributed by atoms with van der Waals surface area (Å²) in [5.74, 6) is 0.629. The third-order valence-corrected chi connectivity index (χ3v) is 6.44. The SMILES string of the molecule is CCCCCCC1CC(=O)c2c(c(/C=C\C(C)(C)C)c(C)c3c2OC(=O)C=C(CCC)C3)O1. The van der Waals surface area contributed by atoms with Crippen molar-refractivity contribution in [3.05, 3.63) is 40.0 Å². The predicted octanol–water partition coefficient (Wildman–Crippen LogP) is 7.55. The second-order valence-electron chi connectivity index (χ2n) is 10.6. The van der Waals surface area contributed by atoms with Crippen molar-refractivity contribution in [2.45, 2.75) is 105 Å². The number of hydrogen-bond acceptors (Lipinski definition) is 4. The number of carbonyl (C=O) groups excluding carboxylic acids is 2. The van der Waals surface area contributed by atoms with E-state index < -0.39 is 5.97 Å². The fourth-order valence-electron chi connectivity index (χ4n) is 4.66. The summed E-state index contributed by atoms with van der Waals surface area (Å²) in [6, 6.07) is 0. The summed E-state index contributed by atoms with van der Waals surface area (Å²) in [6.07, 6.45) is 13.9. The van der Waals surface area contributed by atoms with Crippen LogP contribution < -0.4 is 9.47 Å². The molecule has 33 heavy (non-hydrogen) atoms. The zero-order chi connectivity index (χ0) is 24.2. The van der Waals surface area contributed by atoms with Crippen molar-refractivity contribution in [1.82, 2.24) is 0 Å². The second kappa shape index (κ2) is 10.7. The van der Waals surface area contributed by atoms with Gasteiger partial charge in [-0.15, -0.1) is 0 Å². The quantitative estimate of drug-likeness (QED) is 0.232. The van der Waals surface area contributed by atoms with E-state index in [1.807, 2.05) is 0 Å². The number of hydrogen-bond donors (Lipinski definition) is 0. The van der Waals surface area contributed by atoms with Gasteiger partial charge in [0, 0.05) is 23.6 Å². The fourth-order valence-corrected chi connectivity index (χ4v) is 4.66. The van der Waals surface area contributed by atoms with Crippen LogP contribution in [0.4, 0.5) is 0 Å². The van der Waals surface area contributed by atoms with E-state index in [1.54, 1.807) is 6.08 Å². The van der Waals surface area contributed by atoms with Crippen LogP contribution in [0.5, 0.6) is 11.5 Å². The maximum Gasteiger partial charge on any atom is 0.336 e. The van der Waals surface area contributed by atoms with Gasteiger partial charge in [0.1, 0.15) is 23.2 Å². The van der Waals surface area contributed by atoms with Gasteiger partial charge in [-0.25, -0.2) is 4.79 Å². The van der Waals surface area contributed by atoms with E-state index in [2.05, 4.69) is 53.7 Å². The minimum absolute atomic E-state index is 0.00984. The maximum atomic E-state index is 13.4. The van der Waals surface area contributed by atoms with Gasteiger partial charge in [0.25, 0.3) is 0 Å². The molecular formula is C29H40O4. The number of benzene rings is 1. The number of ketones is 1. The summed E-state index contributed by atoms with van der Waals surface area (Å²) in [6.45, 7) is 12.8. The molecule has 4 heteroatoms. The summed E-state index contributed by atoms with van der Waals surface area (Å²) in [5.41, 5.74) is 4.40. The van der Waals surface area contributed by atoms with Crippen molar-refractivity contribution in [3.8, 4) is 11.5 Å². The minimum atomic E-state index is -0.397. The van der Waals surface area contributed by atoms with E-state index >= 15 is 0 Å². The Hall–Kier alpha value is -2.36. The Bertz CT molecular complexity index is 959. The number of ether oxygens (including phenoxy) is 2. The first kappa shape index (κ1) is 25.3. The van der Waals surface area contributed by atoms with Gasteiger partial charge in [-0.1, -0.05) is 78.0 Å². The van der Waals surface area contributed by atoms with Gasteiger partial charge < -0.3 is 9.47 Å². The van der Waals surface area contributed by atoms with Gasteiger partial charge in [-0.05, 0) is 43.6 Å². The standard InChI is InChI=1S/C29H40O4/c1-7-9-10-11-13-21-18-24(30)26-27(32-21)22(14-15-29(4,5)6)19(3)23-16-20(12-8-2)17-25(31)33-28(23)26/h14-15,17,21H,7-13,16,18H2,1-6H3/b15-14-. The van der Waals surface area contributed by atoms with Gasteiger partial charge in [0.05, 0.1) is 0 Å². The first-order chi connectivity index (χ1) is 15.6. The topological polar surface area (TPSA) is 52.6 Å². The third kappa shape index (κ3) is 6.16. The van der Waals surface area contributed by atoms with Crippen LogP contribution in [0, 0.1) is 12.3 Å². The first-order valence-electron chi connectivity index (χ1n) is 12.6. The van der Waals surface area contributed by atoms with E-state index in [-0.39, 0.29) is 17.3 Å². The van der Waals surface area contributed by atoms with Crippen molar-refractivity contribution in [1.29, 1.82) is 0 Å². The molecule has 1 unspecified atom stereocenters. The number of fused-ring (bicyclic) bond motifs is 3. The Balaban J connectivity index is 2.10. The smallest absolute Gasteiger partial charge is 0.336 e. The molecule has 4 nitrogen and oxygen atoms in total. The zero-order valence-corrected chi connectivity index (χ0v) is 21.3. The van der Waals surface area contributed by atoms with Crippen LogP contribution >= 0.6 is 0 Å². The van der Waals surface area contributed by atoms with Gasteiger partial charge in [-0.3, -0.25) is 4.79 Å². The first-order valence-corrected chi connectivity index (χ1v) is 12.6. The average molecular weight is 453 g/mol. The third-order valence-electron chi connectivity index (χ3n) is 6.44. The van der Waals surface area contributed by atoms with Crippen LogP contribution in [-0.4, -0.2) is 17.9 Å². The Kier molecular flexibility index (Phi) is 8.20. The molecule has 0 fully saturated rings. The second-order valence-corrected chi connectivity index (χ2v) is 10.6. The highest BCUT2D eigenvalue weighted by molar-refractivity contribution is 6.05. The molecule has 180 valence electrons. The summed E-state index contributed by atoms with van der Waals surface area (Å²) >= 11 is 0. The highest BCUT2D eigenvalue weighted by atomic mass is 16.5. The lowest BCUT2D eigenvalue weighted by molar-refractivity contribution is -0.129. The summed E-state index contributed by atoms with van der Waals surface area (Å²) in [4.78, 5) is 26.0. The molecular weight excluding hydrogens is 412 g/mol. The largest absolute Gasteiger partial charge is 0.488 e. The van der Waals surface area contributed by atoms with Gasteiger partial charge in [-0.2, -0.15) is 0 Å². The van der Waals surface area contributed by atoms with Crippen LogP contribution in [-0.2, 0) is 11.2 Å². The van der Waals surface area contributed by atoms with Crippen molar-refractivity contribution in [2.75, 3.05) is 0 Å². The number of unbranched alkanes of at least 4 members (excludes halogenated alkanes) is 3. The van der Waals surface area contributed by atoms with Gasteiger partial charge in [0.15, 0.2) is 5.78 Å². The minimum Gasteiger partial charge on any atom is -0.488 e. The van der Waals surface area contributed by atoms with E-state index in [0.29, 0.717) is 29.9 Å². The summed E-state index contributed by atoms with van der Waals surface area (Å²) < 4.78 is 12.3. The van der Waals surface area contributed by atoms with Crippen LogP contribution in [0.15, 0.2) is 17.7 Å². The molecule has 2 heterocycles. The molecule has 0 saturated heterocycles. The Morgan fingerprint density at radius 3 is 2.48 bits per heavy atom. The Labute approximate surface area is 199 Å². The molecule has 0 aliphatic carbocycles. The molecule has 3 rings (SSSR count). The molecule has 0 amide bonds. The normalized spacial score (nSPS) is 18.4. The van der Waals surface area contributed by atoms with E-state index in [9.17, 15) is 9.59 Å². The van der Waals surface area contributed by atoms with Crippen LogP contribution in [0.3, 0.4) is 0 Å². The number of allylic oxidation sites excluding steroid dienone is 2. The van der Waals surface area contributed by atoms with E-state index in [1.165, 1.54) is 12.8 Å². The molecule has 1 atom stereocenters. The molecule has 0 radical (unpaired) electrons. The number of Topliss-reactive ketones (excluding diaryl/α,β-unsaturated/α-hetero) is 1. The van der Waals surface area contributed by atoms with Crippen molar-refractivity contribution in [3.63, 3.8) is 0 Å². The molecule has 1 aromatic rings. The van der Waals surface area contributed by atoms with Crippen molar-refractivity contribution < 1.29 is 19.1 Å². The molecule has 0 saturated carbocycles. The molecule has 1 aromatic carbocycles. The number of esters is 1. The van der Waals surface area contributed by atoms with Crippen LogP contribution in [0.1, 0.15) is 113 Å². The fraction of sp³-hybridized carbons (Fsp3) is 0.586. The van der Waals surface area contributed by atoms with Gasteiger partial charge in [0.2, 0.25) is 0 Å². The van der Waals surface area contributed by atoms with E-state index in [4.69, 9.17) is 9.47 Å². The molecule has 0 spiro atoms. The van der Waals surface area contributed by atoms with Crippen LogP contribution in [0.25, 0.3) is 6.08 Å². The molecule has 2 aliphatic rings. The molecule has 0 aromatic heterocycles. The number of rotatable bonds is 8. The monoisotopic (exact) mass is 452 g/mol. The molecule has 2 aliphatic heterocycles. The lowest BCUT2D eigenvalue weighted by atomic mass is 9.85. The highest BCUT2D eigenvalue weighted by Gasteiger charge is 2.36. The van der Waals surface area contributed by atoms with Crippen LogP contribution in [0.2, 0.25) is 0 Å². The van der Waals surface area contributed by atoms with E-state index in [0.717, 1.165) is 54.4 Å².